The molecule has 0 aliphatic carbocycles. The summed E-state index contributed by atoms with van der Waals surface area (Å²) in [4.78, 5) is 2.09. The van der Waals surface area contributed by atoms with Crippen molar-refractivity contribution in [3.8, 4) is 5.75 Å². The first kappa shape index (κ1) is 14.0. The van der Waals surface area contributed by atoms with Gasteiger partial charge in [0, 0.05) is 12.1 Å². The number of nitrogens with two attached hydrogens (primary N) is 1. The summed E-state index contributed by atoms with van der Waals surface area (Å²) in [6.07, 6.45) is 0. The Morgan fingerprint density at radius 3 is 2.65 bits per heavy atom. The molecule has 1 aromatic carbocycles. The fourth-order valence-corrected chi connectivity index (χ4v) is 1.74. The smallest absolute Gasteiger partial charge is 0.124 e. The molecule has 96 valence electrons. The third-order valence-electron chi connectivity index (χ3n) is 2.47. The molecule has 0 bridgehead atoms. The zero-order valence-electron chi connectivity index (χ0n) is 10.8. The quantitative estimate of drug-likeness (QED) is 0.780. The van der Waals surface area contributed by atoms with Gasteiger partial charge in [0.2, 0.25) is 0 Å². The standard InChI is InChI=1S/C13H22N2O2/c1-4-17-13-6-5-10(8-15(2)3)7-11(13)12(14)9-16/h5-7,12,16H,4,8-9,14H2,1-3H3/t12-/m0/s1. The Hall–Kier alpha value is -1.10. The summed E-state index contributed by atoms with van der Waals surface area (Å²) in [6, 6.07) is 5.57. The van der Waals surface area contributed by atoms with Crippen molar-refractivity contribution in [2.24, 2.45) is 5.73 Å². The van der Waals surface area contributed by atoms with E-state index in [0.29, 0.717) is 6.61 Å². The highest BCUT2D eigenvalue weighted by atomic mass is 16.5. The number of hydrogen-bond acceptors (Lipinski definition) is 4. The molecule has 17 heavy (non-hydrogen) atoms. The van der Waals surface area contributed by atoms with Crippen LogP contribution in [0, 0.1) is 0 Å². The SMILES string of the molecule is CCOc1ccc(CN(C)C)cc1[C@@H](N)CO. The van der Waals surface area contributed by atoms with Crippen LogP contribution in [0.5, 0.6) is 5.75 Å². The van der Waals surface area contributed by atoms with Crippen molar-refractivity contribution in [2.75, 3.05) is 27.3 Å². The van der Waals surface area contributed by atoms with Gasteiger partial charge in [-0.25, -0.2) is 0 Å². The summed E-state index contributed by atoms with van der Waals surface area (Å²) in [6.45, 7) is 3.29. The molecular weight excluding hydrogens is 216 g/mol. The molecule has 1 atom stereocenters. The van der Waals surface area contributed by atoms with E-state index in [-0.39, 0.29) is 6.61 Å². The predicted molar refractivity (Wildman–Crippen MR) is 69.0 cm³/mol. The molecule has 0 fully saturated rings. The average molecular weight is 238 g/mol. The summed E-state index contributed by atoms with van der Waals surface area (Å²) in [7, 11) is 4.03. The van der Waals surface area contributed by atoms with Gasteiger partial charge in [0.15, 0.2) is 0 Å². The number of aliphatic hydroxyl groups is 1. The zero-order valence-corrected chi connectivity index (χ0v) is 10.8. The molecule has 3 N–H and O–H groups in total. The Balaban J connectivity index is 3.00. The second-order valence-electron chi connectivity index (χ2n) is 4.33. The second kappa shape index (κ2) is 6.59. The van der Waals surface area contributed by atoms with Crippen LogP contribution in [0.4, 0.5) is 0 Å². The summed E-state index contributed by atoms with van der Waals surface area (Å²) in [5.41, 5.74) is 7.91. The van der Waals surface area contributed by atoms with Gasteiger partial charge in [-0.1, -0.05) is 6.07 Å². The van der Waals surface area contributed by atoms with Crippen molar-refractivity contribution in [3.05, 3.63) is 29.3 Å². The number of hydrogen-bond donors (Lipinski definition) is 2. The van der Waals surface area contributed by atoms with E-state index in [2.05, 4.69) is 4.90 Å². The fourth-order valence-electron chi connectivity index (χ4n) is 1.74. The van der Waals surface area contributed by atoms with Gasteiger partial charge in [0.1, 0.15) is 5.75 Å². The minimum atomic E-state index is -0.390. The molecule has 0 aromatic heterocycles. The lowest BCUT2D eigenvalue weighted by atomic mass is 10.0. The molecule has 0 spiro atoms. The zero-order chi connectivity index (χ0) is 12.8. The first-order valence-corrected chi connectivity index (χ1v) is 5.85. The second-order valence-corrected chi connectivity index (χ2v) is 4.33. The van der Waals surface area contributed by atoms with Crippen LogP contribution >= 0.6 is 0 Å². The van der Waals surface area contributed by atoms with Gasteiger partial charge in [-0.3, -0.25) is 0 Å². The van der Waals surface area contributed by atoms with E-state index in [1.165, 1.54) is 0 Å². The Bertz CT molecular complexity index is 353. The van der Waals surface area contributed by atoms with Gasteiger partial charge in [-0.2, -0.15) is 0 Å². The summed E-state index contributed by atoms with van der Waals surface area (Å²) < 4.78 is 5.52. The normalized spacial score (nSPS) is 12.8. The number of benzene rings is 1. The van der Waals surface area contributed by atoms with Gasteiger partial charge in [-0.05, 0) is 38.7 Å². The van der Waals surface area contributed by atoms with Crippen LogP contribution in [0.2, 0.25) is 0 Å². The van der Waals surface area contributed by atoms with Crippen LogP contribution < -0.4 is 10.5 Å². The highest BCUT2D eigenvalue weighted by Crippen LogP contribution is 2.25. The number of aliphatic hydroxyl groups excluding tert-OH is 1. The van der Waals surface area contributed by atoms with E-state index in [0.717, 1.165) is 23.4 Å². The van der Waals surface area contributed by atoms with Crippen molar-refractivity contribution in [2.45, 2.75) is 19.5 Å². The van der Waals surface area contributed by atoms with Crippen LogP contribution in [0.1, 0.15) is 24.1 Å². The van der Waals surface area contributed by atoms with Crippen molar-refractivity contribution >= 4 is 0 Å². The van der Waals surface area contributed by atoms with E-state index in [1.54, 1.807) is 0 Å². The predicted octanol–water partition coefficient (Wildman–Crippen LogP) is 1.14. The highest BCUT2D eigenvalue weighted by molar-refractivity contribution is 5.39. The van der Waals surface area contributed by atoms with Crippen molar-refractivity contribution in [3.63, 3.8) is 0 Å². The Morgan fingerprint density at radius 1 is 1.41 bits per heavy atom. The lowest BCUT2D eigenvalue weighted by Gasteiger charge is -2.17. The fraction of sp³-hybridized carbons (Fsp3) is 0.538. The van der Waals surface area contributed by atoms with Crippen LogP contribution in [-0.4, -0.2) is 37.3 Å². The van der Waals surface area contributed by atoms with Gasteiger partial charge in [-0.15, -0.1) is 0 Å². The first-order valence-electron chi connectivity index (χ1n) is 5.85. The molecular formula is C13H22N2O2. The van der Waals surface area contributed by atoms with Crippen LogP contribution in [0.15, 0.2) is 18.2 Å². The van der Waals surface area contributed by atoms with E-state index in [9.17, 15) is 0 Å². The maximum absolute atomic E-state index is 9.16. The Labute approximate surface area is 103 Å². The van der Waals surface area contributed by atoms with Gasteiger partial charge < -0.3 is 20.5 Å². The maximum atomic E-state index is 9.16. The molecule has 0 radical (unpaired) electrons. The lowest BCUT2D eigenvalue weighted by Crippen LogP contribution is -2.17. The number of ether oxygens (including phenoxy) is 1. The first-order chi connectivity index (χ1) is 8.08. The average Bonchev–Trinajstić information content (AvgIpc) is 2.29. The van der Waals surface area contributed by atoms with E-state index >= 15 is 0 Å². The molecule has 4 heteroatoms. The topological polar surface area (TPSA) is 58.7 Å². The number of nitrogens with zero attached hydrogens (tertiary/aromatic N) is 1. The van der Waals surface area contributed by atoms with Crippen molar-refractivity contribution < 1.29 is 9.84 Å². The summed E-state index contributed by atoms with van der Waals surface area (Å²) in [5, 5.41) is 9.16. The van der Waals surface area contributed by atoms with Crippen LogP contribution in [0.3, 0.4) is 0 Å². The van der Waals surface area contributed by atoms with Gasteiger partial charge in [0.25, 0.3) is 0 Å². The minimum Gasteiger partial charge on any atom is -0.494 e. The molecule has 4 nitrogen and oxygen atoms in total. The molecule has 0 aliphatic rings. The molecule has 0 amide bonds. The van der Waals surface area contributed by atoms with Gasteiger partial charge >= 0.3 is 0 Å². The van der Waals surface area contributed by atoms with E-state index in [4.69, 9.17) is 15.6 Å². The molecule has 1 rings (SSSR count). The summed E-state index contributed by atoms with van der Waals surface area (Å²) in [5.74, 6) is 0.761. The molecule has 0 heterocycles. The summed E-state index contributed by atoms with van der Waals surface area (Å²) >= 11 is 0. The largest absolute Gasteiger partial charge is 0.494 e. The Kier molecular flexibility index (Phi) is 5.41. The molecule has 0 unspecified atom stereocenters. The molecule has 0 aliphatic heterocycles. The van der Waals surface area contributed by atoms with Crippen LogP contribution in [0.25, 0.3) is 0 Å². The third kappa shape index (κ3) is 4.00. The maximum Gasteiger partial charge on any atom is 0.124 e. The molecule has 0 saturated heterocycles. The third-order valence-corrected chi connectivity index (χ3v) is 2.47. The number of rotatable bonds is 6. The molecule has 0 saturated carbocycles. The molecule has 1 aromatic rings. The monoisotopic (exact) mass is 238 g/mol. The highest BCUT2D eigenvalue weighted by Gasteiger charge is 2.12. The minimum absolute atomic E-state index is 0.0779. The van der Waals surface area contributed by atoms with Crippen molar-refractivity contribution in [1.29, 1.82) is 0 Å². The van der Waals surface area contributed by atoms with Crippen LogP contribution in [-0.2, 0) is 6.54 Å². The van der Waals surface area contributed by atoms with E-state index < -0.39 is 6.04 Å². The Morgan fingerprint density at radius 2 is 2.12 bits per heavy atom. The van der Waals surface area contributed by atoms with E-state index in [1.807, 2.05) is 39.2 Å². The van der Waals surface area contributed by atoms with Crippen molar-refractivity contribution in [1.82, 2.24) is 4.90 Å². The van der Waals surface area contributed by atoms with Gasteiger partial charge in [0.05, 0.1) is 19.3 Å². The lowest BCUT2D eigenvalue weighted by molar-refractivity contribution is 0.261.